The third-order valence-corrected chi connectivity index (χ3v) is 4.75. The number of amides is 1. The van der Waals surface area contributed by atoms with Gasteiger partial charge in [-0.2, -0.15) is 0 Å². The van der Waals surface area contributed by atoms with Crippen LogP contribution in [0.15, 0.2) is 65.6 Å². The van der Waals surface area contributed by atoms with E-state index >= 15 is 0 Å². The molecule has 1 aromatic heterocycles. The van der Waals surface area contributed by atoms with Crippen LogP contribution in [0.2, 0.25) is 10.0 Å². The number of hydrogen-bond acceptors (Lipinski definition) is 4. The van der Waals surface area contributed by atoms with Crippen LogP contribution in [0.25, 0.3) is 11.1 Å². The van der Waals surface area contributed by atoms with Crippen molar-refractivity contribution in [3.63, 3.8) is 0 Å². The molecule has 0 aliphatic rings. The number of carbonyl (C=O) groups is 1. The number of nitrogens with zero attached hydrogens (tertiary/aromatic N) is 1. The third-order valence-electron chi connectivity index (χ3n) is 4.12. The molecule has 0 aliphatic carbocycles. The quantitative estimate of drug-likeness (QED) is 0.464. The van der Waals surface area contributed by atoms with Crippen LogP contribution in [0.4, 0.5) is 0 Å². The Bertz CT molecular complexity index is 1030. The van der Waals surface area contributed by atoms with Crippen molar-refractivity contribution >= 4 is 29.1 Å². The van der Waals surface area contributed by atoms with Crippen LogP contribution < -0.4 is 10.9 Å². The third kappa shape index (κ3) is 4.61. The maximum atomic E-state index is 12.3. The molecule has 0 saturated carbocycles. The molecule has 3 rings (SSSR count). The van der Waals surface area contributed by atoms with Gasteiger partial charge >= 0.3 is 0 Å². The molecular weight excluding hydrogens is 403 g/mol. The summed E-state index contributed by atoms with van der Waals surface area (Å²) >= 11 is 12.1. The van der Waals surface area contributed by atoms with Crippen LogP contribution >= 0.6 is 23.2 Å². The molecule has 28 heavy (non-hydrogen) atoms. The van der Waals surface area contributed by atoms with Gasteiger partial charge in [0.2, 0.25) is 0 Å². The lowest BCUT2D eigenvalue weighted by Gasteiger charge is -2.09. The molecule has 0 radical (unpaired) electrons. The molecule has 0 bridgehead atoms. The summed E-state index contributed by atoms with van der Waals surface area (Å²) in [6, 6.07) is 15.5. The zero-order valence-corrected chi connectivity index (χ0v) is 16.1. The number of carbonyl (C=O) groups excluding carboxylic acids is 1. The Morgan fingerprint density at radius 1 is 1.04 bits per heavy atom. The zero-order chi connectivity index (χ0) is 20.1. The molecule has 0 saturated heterocycles. The summed E-state index contributed by atoms with van der Waals surface area (Å²) in [6.07, 6.45) is 1.54. The Hall–Kier alpha value is -2.64. The van der Waals surface area contributed by atoms with Gasteiger partial charge in [0.1, 0.15) is 0 Å². The summed E-state index contributed by atoms with van der Waals surface area (Å²) in [5, 5.41) is 11.8. The van der Waals surface area contributed by atoms with Crippen molar-refractivity contribution in [2.75, 3.05) is 0 Å². The zero-order valence-electron chi connectivity index (χ0n) is 14.6. The van der Waals surface area contributed by atoms with Gasteiger partial charge < -0.3 is 5.32 Å². The maximum absolute atomic E-state index is 12.3. The standard InChI is InChI=1S/C20H16Cl2N2O4/c21-16-2-1-3-17(22)19(16)20(26)23-11-13-4-6-14(7-5-13)15-8-9-24(12-28-27)18(25)10-15/h1-10,27H,11-12H2,(H,23,26). The molecule has 8 heteroatoms. The highest BCUT2D eigenvalue weighted by Gasteiger charge is 2.14. The van der Waals surface area contributed by atoms with Crippen molar-refractivity contribution in [2.45, 2.75) is 13.3 Å². The molecule has 2 aromatic carbocycles. The topological polar surface area (TPSA) is 80.6 Å². The Balaban J connectivity index is 1.69. The first-order valence-corrected chi connectivity index (χ1v) is 9.03. The van der Waals surface area contributed by atoms with E-state index in [-0.39, 0.29) is 23.8 Å². The van der Waals surface area contributed by atoms with Crippen LogP contribution in [0.1, 0.15) is 15.9 Å². The molecule has 2 N–H and O–H groups in total. The second-order valence-electron chi connectivity index (χ2n) is 5.96. The number of rotatable bonds is 6. The highest BCUT2D eigenvalue weighted by Crippen LogP contribution is 2.24. The average molecular weight is 419 g/mol. The van der Waals surface area contributed by atoms with Crippen LogP contribution in [0.5, 0.6) is 0 Å². The van der Waals surface area contributed by atoms with Crippen molar-refractivity contribution in [2.24, 2.45) is 0 Å². The SMILES string of the molecule is O=C(NCc1ccc(-c2ccn(COO)c(=O)c2)cc1)c1c(Cl)cccc1Cl. The molecule has 1 amide bonds. The Morgan fingerprint density at radius 3 is 2.32 bits per heavy atom. The first-order valence-electron chi connectivity index (χ1n) is 8.28. The number of pyridine rings is 1. The molecule has 6 nitrogen and oxygen atoms in total. The summed E-state index contributed by atoms with van der Waals surface area (Å²) in [5.41, 5.74) is 2.41. The summed E-state index contributed by atoms with van der Waals surface area (Å²) in [6.45, 7) is 0.0727. The van der Waals surface area contributed by atoms with Crippen molar-refractivity contribution in [1.29, 1.82) is 0 Å². The average Bonchev–Trinajstić information content (AvgIpc) is 2.68. The number of halogens is 2. The Kier molecular flexibility index (Phi) is 6.49. The van der Waals surface area contributed by atoms with E-state index in [0.29, 0.717) is 16.6 Å². The van der Waals surface area contributed by atoms with Gasteiger partial charge in [-0.1, -0.05) is 53.5 Å². The van der Waals surface area contributed by atoms with E-state index in [1.165, 1.54) is 16.8 Å². The predicted molar refractivity (Wildman–Crippen MR) is 107 cm³/mol. The molecule has 0 aliphatic heterocycles. The van der Waals surface area contributed by atoms with Crippen LogP contribution in [-0.2, 0) is 18.2 Å². The van der Waals surface area contributed by atoms with E-state index in [4.69, 9.17) is 28.5 Å². The minimum absolute atomic E-state index is 0.229. The summed E-state index contributed by atoms with van der Waals surface area (Å²) < 4.78 is 1.23. The highest BCUT2D eigenvalue weighted by molar-refractivity contribution is 6.39. The van der Waals surface area contributed by atoms with Gasteiger partial charge in [0.25, 0.3) is 11.5 Å². The van der Waals surface area contributed by atoms with Gasteiger partial charge in [-0.3, -0.25) is 14.2 Å². The molecular formula is C20H16Cl2N2O4. The second-order valence-corrected chi connectivity index (χ2v) is 6.77. The minimum Gasteiger partial charge on any atom is -0.348 e. The molecule has 0 unspecified atom stereocenters. The largest absolute Gasteiger partial charge is 0.348 e. The van der Waals surface area contributed by atoms with Gasteiger partial charge in [0.05, 0.1) is 15.6 Å². The number of benzene rings is 2. The number of aromatic nitrogens is 1. The second kappa shape index (κ2) is 9.03. The summed E-state index contributed by atoms with van der Waals surface area (Å²) in [7, 11) is 0. The molecule has 0 fully saturated rings. The lowest BCUT2D eigenvalue weighted by atomic mass is 10.0. The fraction of sp³-hybridized carbons (Fsp3) is 0.100. The fourth-order valence-corrected chi connectivity index (χ4v) is 3.23. The van der Waals surface area contributed by atoms with Crippen molar-refractivity contribution < 1.29 is 14.9 Å². The van der Waals surface area contributed by atoms with Gasteiger partial charge in [0, 0.05) is 18.8 Å². The fourth-order valence-electron chi connectivity index (χ4n) is 2.66. The van der Waals surface area contributed by atoms with Crippen molar-refractivity contribution in [3.8, 4) is 11.1 Å². The normalized spacial score (nSPS) is 10.7. The predicted octanol–water partition coefficient (Wildman–Crippen LogP) is 4.20. The van der Waals surface area contributed by atoms with Crippen LogP contribution in [0.3, 0.4) is 0 Å². The van der Waals surface area contributed by atoms with Gasteiger partial charge in [0.15, 0.2) is 6.73 Å². The smallest absolute Gasteiger partial charge is 0.254 e. The van der Waals surface area contributed by atoms with Gasteiger partial charge in [-0.05, 0) is 34.9 Å². The Labute approximate surface area is 170 Å². The summed E-state index contributed by atoms with van der Waals surface area (Å²) in [5.74, 6) is -0.352. The van der Waals surface area contributed by atoms with E-state index in [2.05, 4.69) is 10.2 Å². The maximum Gasteiger partial charge on any atom is 0.254 e. The molecule has 144 valence electrons. The summed E-state index contributed by atoms with van der Waals surface area (Å²) in [4.78, 5) is 28.2. The van der Waals surface area contributed by atoms with Crippen LogP contribution in [-0.4, -0.2) is 15.7 Å². The van der Waals surface area contributed by atoms with Crippen LogP contribution in [0, 0.1) is 0 Å². The van der Waals surface area contributed by atoms with E-state index < -0.39 is 0 Å². The van der Waals surface area contributed by atoms with E-state index in [1.807, 2.05) is 24.3 Å². The Morgan fingerprint density at radius 2 is 1.71 bits per heavy atom. The lowest BCUT2D eigenvalue weighted by molar-refractivity contribution is -0.269. The number of nitrogens with one attached hydrogen (secondary N) is 1. The van der Waals surface area contributed by atoms with E-state index in [9.17, 15) is 9.59 Å². The monoisotopic (exact) mass is 418 g/mol. The first-order chi connectivity index (χ1) is 13.5. The van der Waals surface area contributed by atoms with Crippen molar-refractivity contribution in [3.05, 3.63) is 92.3 Å². The minimum atomic E-state index is -0.352. The van der Waals surface area contributed by atoms with Gasteiger partial charge in [-0.25, -0.2) is 10.1 Å². The molecule has 3 aromatic rings. The molecule has 0 atom stereocenters. The highest BCUT2D eigenvalue weighted by atomic mass is 35.5. The number of hydrogen-bond donors (Lipinski definition) is 2. The molecule has 0 spiro atoms. The first kappa shape index (κ1) is 20.1. The van der Waals surface area contributed by atoms with E-state index in [0.717, 1.165) is 16.7 Å². The van der Waals surface area contributed by atoms with Gasteiger partial charge in [-0.15, -0.1) is 0 Å². The molecule has 1 heterocycles. The van der Waals surface area contributed by atoms with E-state index in [1.54, 1.807) is 24.3 Å². The lowest BCUT2D eigenvalue weighted by Crippen LogP contribution is -2.23. The van der Waals surface area contributed by atoms with Crippen molar-refractivity contribution in [1.82, 2.24) is 9.88 Å².